The van der Waals surface area contributed by atoms with Gasteiger partial charge in [-0.3, -0.25) is 4.79 Å². The first-order valence-corrected chi connectivity index (χ1v) is 9.36. The highest BCUT2D eigenvalue weighted by molar-refractivity contribution is 6.30. The van der Waals surface area contributed by atoms with Gasteiger partial charge in [0.05, 0.1) is 14.2 Å². The molecule has 1 aliphatic heterocycles. The summed E-state index contributed by atoms with van der Waals surface area (Å²) < 4.78 is 10.8. The number of carbonyl (C=O) groups is 1. The van der Waals surface area contributed by atoms with E-state index >= 15 is 0 Å². The lowest BCUT2D eigenvalue weighted by Gasteiger charge is -2.37. The molecule has 0 radical (unpaired) electrons. The second-order valence-corrected chi connectivity index (χ2v) is 7.30. The highest BCUT2D eigenvalue weighted by Crippen LogP contribution is 2.34. The third kappa shape index (κ3) is 4.54. The number of piperidine rings is 1. The summed E-state index contributed by atoms with van der Waals surface area (Å²) in [5.74, 6) is 1.49. The summed E-state index contributed by atoms with van der Waals surface area (Å²) in [6.07, 6.45) is 0.884. The normalized spacial score (nSPS) is 20.1. The fraction of sp³-hybridized carbons (Fsp3) is 0.381. The van der Waals surface area contributed by atoms with Gasteiger partial charge in [0.1, 0.15) is 0 Å². The van der Waals surface area contributed by atoms with E-state index in [1.54, 1.807) is 38.5 Å². The lowest BCUT2D eigenvalue weighted by molar-refractivity contribution is 0.0904. The van der Waals surface area contributed by atoms with E-state index in [4.69, 9.17) is 21.1 Å². The summed E-state index contributed by atoms with van der Waals surface area (Å²) in [5.41, 5.74) is 1.74. The number of benzene rings is 2. The smallest absolute Gasteiger partial charge is 0.251 e. The second-order valence-electron chi connectivity index (χ2n) is 6.86. The monoisotopic (exact) mass is 388 g/mol. The molecule has 2 aromatic carbocycles. The van der Waals surface area contributed by atoms with E-state index in [9.17, 15) is 4.79 Å². The predicted octanol–water partition coefficient (Wildman–Crippen LogP) is 3.57. The summed E-state index contributed by atoms with van der Waals surface area (Å²) in [4.78, 5) is 15.0. The first kappa shape index (κ1) is 19.5. The Labute approximate surface area is 165 Å². The van der Waals surface area contributed by atoms with Gasteiger partial charge in [0.15, 0.2) is 11.5 Å². The predicted molar refractivity (Wildman–Crippen MR) is 107 cm³/mol. The maximum Gasteiger partial charge on any atom is 0.251 e. The number of carbonyl (C=O) groups excluding carboxylic acids is 1. The number of nitrogens with zero attached hydrogens (tertiary/aromatic N) is 1. The first-order valence-electron chi connectivity index (χ1n) is 8.98. The fourth-order valence-corrected chi connectivity index (χ4v) is 3.69. The standard InChI is InChI=1S/C21H25ClN2O3/c1-24-11-10-18(23-21(25)14-4-7-16(22)8-5-14)17(13-24)15-6-9-19(26-2)20(12-15)27-3/h4-9,12,17-18H,10-11,13H2,1-3H3,(H,23,25)/t17-,18-/m0/s1. The van der Waals surface area contributed by atoms with Crippen molar-refractivity contribution in [1.82, 2.24) is 10.2 Å². The Kier molecular flexibility index (Phi) is 6.24. The Hall–Kier alpha value is -2.24. The molecular formula is C21H25ClN2O3. The zero-order valence-corrected chi connectivity index (χ0v) is 16.6. The number of hydrogen-bond acceptors (Lipinski definition) is 4. The van der Waals surface area contributed by atoms with E-state index in [-0.39, 0.29) is 17.9 Å². The molecule has 1 heterocycles. The number of amides is 1. The minimum atomic E-state index is -0.0771. The van der Waals surface area contributed by atoms with Gasteiger partial charge in [-0.25, -0.2) is 0 Å². The zero-order valence-electron chi connectivity index (χ0n) is 15.9. The van der Waals surface area contributed by atoms with E-state index in [2.05, 4.69) is 17.3 Å². The molecule has 1 N–H and O–H groups in total. The molecule has 1 amide bonds. The third-order valence-electron chi connectivity index (χ3n) is 5.07. The van der Waals surface area contributed by atoms with Crippen LogP contribution in [0.25, 0.3) is 0 Å². The number of halogens is 1. The molecular weight excluding hydrogens is 364 g/mol. The van der Waals surface area contributed by atoms with Crippen molar-refractivity contribution in [3.63, 3.8) is 0 Å². The van der Waals surface area contributed by atoms with Crippen molar-refractivity contribution in [2.45, 2.75) is 18.4 Å². The van der Waals surface area contributed by atoms with Gasteiger partial charge >= 0.3 is 0 Å². The molecule has 2 atom stereocenters. The van der Waals surface area contributed by atoms with E-state index < -0.39 is 0 Å². The minimum absolute atomic E-state index is 0.0440. The Morgan fingerprint density at radius 1 is 1.11 bits per heavy atom. The molecule has 1 fully saturated rings. The third-order valence-corrected chi connectivity index (χ3v) is 5.33. The lowest BCUT2D eigenvalue weighted by Crippen LogP contribution is -2.48. The van der Waals surface area contributed by atoms with Crippen LogP contribution in [0.4, 0.5) is 0 Å². The molecule has 0 aliphatic carbocycles. The van der Waals surface area contributed by atoms with Crippen LogP contribution in [0.1, 0.15) is 28.3 Å². The van der Waals surface area contributed by atoms with Crippen molar-refractivity contribution in [3.8, 4) is 11.5 Å². The average molecular weight is 389 g/mol. The van der Waals surface area contributed by atoms with Gasteiger partial charge in [0, 0.05) is 29.1 Å². The first-order chi connectivity index (χ1) is 13.0. The van der Waals surface area contributed by atoms with Crippen LogP contribution in [0.15, 0.2) is 42.5 Å². The van der Waals surface area contributed by atoms with Crippen molar-refractivity contribution >= 4 is 17.5 Å². The van der Waals surface area contributed by atoms with Crippen LogP contribution in [-0.2, 0) is 0 Å². The molecule has 144 valence electrons. The molecule has 0 unspecified atom stereocenters. The largest absolute Gasteiger partial charge is 0.493 e. The molecule has 6 heteroatoms. The summed E-state index contributed by atoms with van der Waals surface area (Å²) in [7, 11) is 5.36. The van der Waals surface area contributed by atoms with Crippen molar-refractivity contribution in [3.05, 3.63) is 58.6 Å². The Balaban J connectivity index is 1.83. The molecule has 3 rings (SSSR count). The fourth-order valence-electron chi connectivity index (χ4n) is 3.56. The molecule has 1 saturated heterocycles. The van der Waals surface area contributed by atoms with E-state index in [0.29, 0.717) is 22.1 Å². The summed E-state index contributed by atoms with van der Waals surface area (Å²) in [6.45, 7) is 1.80. The molecule has 2 aromatic rings. The molecule has 0 saturated carbocycles. The Morgan fingerprint density at radius 2 is 1.81 bits per heavy atom. The van der Waals surface area contributed by atoms with Gasteiger partial charge in [-0.05, 0) is 62.0 Å². The van der Waals surface area contributed by atoms with Gasteiger partial charge < -0.3 is 19.7 Å². The van der Waals surface area contributed by atoms with Crippen molar-refractivity contribution < 1.29 is 14.3 Å². The topological polar surface area (TPSA) is 50.8 Å². The molecule has 27 heavy (non-hydrogen) atoms. The van der Waals surface area contributed by atoms with Crippen molar-refractivity contribution in [2.75, 3.05) is 34.4 Å². The SMILES string of the molecule is COc1ccc([C@@H]2CN(C)CC[C@@H]2NC(=O)c2ccc(Cl)cc2)cc1OC. The van der Waals surface area contributed by atoms with Crippen LogP contribution < -0.4 is 14.8 Å². The number of likely N-dealkylation sites (tertiary alicyclic amines) is 1. The number of rotatable bonds is 5. The highest BCUT2D eigenvalue weighted by Gasteiger charge is 2.31. The average Bonchev–Trinajstić information content (AvgIpc) is 2.69. The lowest BCUT2D eigenvalue weighted by atomic mass is 9.85. The molecule has 5 nitrogen and oxygen atoms in total. The molecule has 0 aromatic heterocycles. The Morgan fingerprint density at radius 3 is 2.48 bits per heavy atom. The molecule has 0 spiro atoms. The Bertz CT molecular complexity index is 795. The maximum atomic E-state index is 12.7. The summed E-state index contributed by atoms with van der Waals surface area (Å²) >= 11 is 5.92. The van der Waals surface area contributed by atoms with Gasteiger partial charge in [-0.15, -0.1) is 0 Å². The summed E-state index contributed by atoms with van der Waals surface area (Å²) in [6, 6.07) is 13.0. The molecule has 0 bridgehead atoms. The highest BCUT2D eigenvalue weighted by atomic mass is 35.5. The van der Waals surface area contributed by atoms with Gasteiger partial charge in [0.2, 0.25) is 0 Å². The van der Waals surface area contributed by atoms with Gasteiger partial charge in [-0.1, -0.05) is 17.7 Å². The van der Waals surface area contributed by atoms with Crippen LogP contribution in [0.2, 0.25) is 5.02 Å². The quantitative estimate of drug-likeness (QED) is 0.850. The van der Waals surface area contributed by atoms with Crippen LogP contribution in [0.3, 0.4) is 0 Å². The van der Waals surface area contributed by atoms with E-state index in [0.717, 1.165) is 25.1 Å². The number of hydrogen-bond donors (Lipinski definition) is 1. The number of likely N-dealkylation sites (N-methyl/N-ethyl adjacent to an activating group) is 1. The van der Waals surface area contributed by atoms with Crippen molar-refractivity contribution in [2.24, 2.45) is 0 Å². The van der Waals surface area contributed by atoms with Crippen LogP contribution >= 0.6 is 11.6 Å². The van der Waals surface area contributed by atoms with E-state index in [1.165, 1.54) is 0 Å². The second kappa shape index (κ2) is 8.63. The molecule has 1 aliphatic rings. The van der Waals surface area contributed by atoms with Gasteiger partial charge in [-0.2, -0.15) is 0 Å². The van der Waals surface area contributed by atoms with Crippen LogP contribution in [0, 0.1) is 0 Å². The minimum Gasteiger partial charge on any atom is -0.493 e. The number of ether oxygens (including phenoxy) is 2. The number of nitrogens with one attached hydrogen (secondary N) is 1. The number of methoxy groups -OCH3 is 2. The maximum absolute atomic E-state index is 12.7. The summed E-state index contributed by atoms with van der Waals surface area (Å²) in [5, 5.41) is 3.83. The van der Waals surface area contributed by atoms with Crippen LogP contribution in [-0.4, -0.2) is 51.2 Å². The van der Waals surface area contributed by atoms with Crippen molar-refractivity contribution in [1.29, 1.82) is 0 Å². The zero-order chi connectivity index (χ0) is 19.4. The van der Waals surface area contributed by atoms with E-state index in [1.807, 2.05) is 18.2 Å². The van der Waals surface area contributed by atoms with Crippen LogP contribution in [0.5, 0.6) is 11.5 Å². The van der Waals surface area contributed by atoms with Gasteiger partial charge in [0.25, 0.3) is 5.91 Å².